The van der Waals surface area contributed by atoms with Crippen LogP contribution >= 0.6 is 0 Å². The predicted molar refractivity (Wildman–Crippen MR) is 129 cm³/mol. The molecule has 1 amide bonds. The Morgan fingerprint density at radius 1 is 1.06 bits per heavy atom. The van der Waals surface area contributed by atoms with Crippen LogP contribution in [0.25, 0.3) is 0 Å². The zero-order chi connectivity index (χ0) is 24.9. The molecule has 0 saturated carbocycles. The van der Waals surface area contributed by atoms with Crippen molar-refractivity contribution < 1.29 is 31.1 Å². The first-order valence-corrected chi connectivity index (χ1v) is 14.0. The number of anilines is 2. The molecule has 12 heteroatoms. The van der Waals surface area contributed by atoms with Gasteiger partial charge in [0.2, 0.25) is 20.0 Å². The van der Waals surface area contributed by atoms with Crippen molar-refractivity contribution in [3.8, 4) is 5.75 Å². The van der Waals surface area contributed by atoms with Gasteiger partial charge < -0.3 is 14.8 Å². The fraction of sp³-hybridized carbons (Fsp3) is 0.409. The van der Waals surface area contributed by atoms with Crippen molar-refractivity contribution in [3.05, 3.63) is 48.5 Å². The van der Waals surface area contributed by atoms with Gasteiger partial charge in [-0.3, -0.25) is 9.10 Å². The molecule has 1 saturated heterocycles. The number of sulfonamides is 2. The number of ether oxygens (including phenoxy) is 2. The third kappa shape index (κ3) is 6.26. The van der Waals surface area contributed by atoms with E-state index in [1.54, 1.807) is 31.2 Å². The molecule has 0 aromatic heterocycles. The number of carbonyl (C=O) groups excluding carboxylic acids is 1. The van der Waals surface area contributed by atoms with Crippen LogP contribution in [-0.2, 0) is 29.6 Å². The van der Waals surface area contributed by atoms with Gasteiger partial charge in [0.15, 0.2) is 6.10 Å². The second-order valence-corrected chi connectivity index (χ2v) is 11.7. The van der Waals surface area contributed by atoms with E-state index < -0.39 is 26.2 Å². The van der Waals surface area contributed by atoms with E-state index in [9.17, 15) is 21.6 Å². The molecule has 3 rings (SSSR count). The highest BCUT2D eigenvalue weighted by molar-refractivity contribution is 7.92. The average molecular weight is 512 g/mol. The van der Waals surface area contributed by atoms with Gasteiger partial charge in [-0.25, -0.2) is 16.8 Å². The van der Waals surface area contributed by atoms with Crippen molar-refractivity contribution >= 4 is 37.3 Å². The first-order chi connectivity index (χ1) is 16.0. The summed E-state index contributed by atoms with van der Waals surface area (Å²) in [4.78, 5) is 12.9. The Kier molecular flexibility index (Phi) is 8.18. The van der Waals surface area contributed by atoms with E-state index in [-0.39, 0.29) is 10.8 Å². The van der Waals surface area contributed by atoms with E-state index in [1.807, 2.05) is 0 Å². The maximum atomic E-state index is 12.7. The summed E-state index contributed by atoms with van der Waals surface area (Å²) in [6, 6.07) is 12.4. The van der Waals surface area contributed by atoms with Gasteiger partial charge in [-0.2, -0.15) is 4.31 Å². The summed E-state index contributed by atoms with van der Waals surface area (Å²) in [6.07, 6.45) is 0.704. The summed E-state index contributed by atoms with van der Waals surface area (Å²) < 4.78 is 62.3. The Balaban J connectivity index is 1.63. The first kappa shape index (κ1) is 25.9. The zero-order valence-corrected chi connectivity index (χ0v) is 20.9. The highest BCUT2D eigenvalue weighted by Gasteiger charge is 2.26. The third-order valence-corrected chi connectivity index (χ3v) is 8.49. The number of amides is 1. The van der Waals surface area contributed by atoms with Gasteiger partial charge in [0.25, 0.3) is 5.91 Å². The van der Waals surface area contributed by atoms with Crippen LogP contribution in [0.3, 0.4) is 0 Å². The monoisotopic (exact) mass is 511 g/mol. The number of carbonyl (C=O) groups is 1. The van der Waals surface area contributed by atoms with Crippen LogP contribution in [0, 0.1) is 0 Å². The van der Waals surface area contributed by atoms with E-state index in [0.717, 1.165) is 10.6 Å². The van der Waals surface area contributed by atoms with Crippen LogP contribution in [0.4, 0.5) is 11.4 Å². The highest BCUT2D eigenvalue weighted by atomic mass is 32.2. The molecule has 0 radical (unpaired) electrons. The molecule has 1 aliphatic rings. The van der Waals surface area contributed by atoms with Crippen LogP contribution in [0.1, 0.15) is 13.3 Å². The minimum absolute atomic E-state index is 0.148. The van der Waals surface area contributed by atoms with E-state index in [2.05, 4.69) is 5.32 Å². The number of nitrogens with one attached hydrogen (secondary N) is 1. The standard InChI is InChI=1S/C22H29N3O7S2/c1-4-21(32-19-9-7-18(8-10-19)24(2)33(3,27)28)22(26)23-17-5-11-20(12-6-17)34(29,30)25-13-15-31-16-14-25/h5-12,21H,4,13-16H2,1-3H3,(H,23,26)/t21-/m1/s1. The lowest BCUT2D eigenvalue weighted by Gasteiger charge is -2.26. The fourth-order valence-electron chi connectivity index (χ4n) is 3.28. The van der Waals surface area contributed by atoms with E-state index in [4.69, 9.17) is 9.47 Å². The second kappa shape index (κ2) is 10.7. The Morgan fingerprint density at radius 2 is 1.65 bits per heavy atom. The van der Waals surface area contributed by atoms with Crippen molar-refractivity contribution in [2.24, 2.45) is 0 Å². The number of benzene rings is 2. The fourth-order valence-corrected chi connectivity index (χ4v) is 5.19. The lowest BCUT2D eigenvalue weighted by atomic mass is 10.2. The number of hydrogen-bond donors (Lipinski definition) is 1. The van der Waals surface area contributed by atoms with Gasteiger partial charge in [-0.05, 0) is 55.0 Å². The molecule has 0 aliphatic carbocycles. The Hall–Kier alpha value is -2.67. The molecule has 0 spiro atoms. The summed E-state index contributed by atoms with van der Waals surface area (Å²) in [7, 11) is -5.54. The Labute approximate surface area is 200 Å². The summed E-state index contributed by atoms with van der Waals surface area (Å²) >= 11 is 0. The van der Waals surface area contributed by atoms with Crippen LogP contribution in [0.2, 0.25) is 0 Å². The maximum absolute atomic E-state index is 12.7. The summed E-state index contributed by atoms with van der Waals surface area (Å²) in [5.41, 5.74) is 0.914. The molecular formula is C22H29N3O7S2. The van der Waals surface area contributed by atoms with Crippen molar-refractivity contribution in [1.82, 2.24) is 4.31 Å². The minimum atomic E-state index is -3.61. The molecule has 1 heterocycles. The van der Waals surface area contributed by atoms with Crippen molar-refractivity contribution in [3.63, 3.8) is 0 Å². The molecule has 2 aromatic carbocycles. The molecule has 1 N–H and O–H groups in total. The molecule has 1 aliphatic heterocycles. The Morgan fingerprint density at radius 3 is 2.18 bits per heavy atom. The average Bonchev–Trinajstić information content (AvgIpc) is 2.82. The van der Waals surface area contributed by atoms with Crippen LogP contribution in [0.15, 0.2) is 53.4 Å². The van der Waals surface area contributed by atoms with Crippen LogP contribution in [0.5, 0.6) is 5.75 Å². The lowest BCUT2D eigenvalue weighted by molar-refractivity contribution is -0.122. The third-order valence-electron chi connectivity index (χ3n) is 5.37. The van der Waals surface area contributed by atoms with E-state index >= 15 is 0 Å². The summed E-state index contributed by atoms with van der Waals surface area (Å²) in [5, 5.41) is 2.74. The number of hydrogen-bond acceptors (Lipinski definition) is 7. The number of rotatable bonds is 9. The molecule has 0 bridgehead atoms. The van der Waals surface area contributed by atoms with Crippen LogP contribution < -0.4 is 14.4 Å². The number of morpholine rings is 1. The van der Waals surface area contributed by atoms with Gasteiger partial charge in [0.05, 0.1) is 30.1 Å². The predicted octanol–water partition coefficient (Wildman–Crippen LogP) is 1.90. The molecule has 34 heavy (non-hydrogen) atoms. The van der Waals surface area contributed by atoms with E-state index in [1.165, 1.54) is 35.6 Å². The summed E-state index contributed by atoms with van der Waals surface area (Å²) in [6.45, 7) is 3.14. The molecule has 2 aromatic rings. The quantitative estimate of drug-likeness (QED) is 0.546. The normalized spacial score (nSPS) is 16.0. The van der Waals surface area contributed by atoms with Gasteiger partial charge in [-0.15, -0.1) is 0 Å². The smallest absolute Gasteiger partial charge is 0.265 e. The SMILES string of the molecule is CC[C@@H](Oc1ccc(N(C)S(C)(=O)=O)cc1)C(=O)Nc1ccc(S(=O)(=O)N2CCOCC2)cc1. The Bertz CT molecular complexity index is 1190. The topological polar surface area (TPSA) is 122 Å². The van der Waals surface area contributed by atoms with Gasteiger partial charge in [0, 0.05) is 25.8 Å². The molecule has 1 atom stereocenters. The summed E-state index contributed by atoms with van der Waals surface area (Å²) in [5.74, 6) is 0.0308. The van der Waals surface area contributed by atoms with Gasteiger partial charge in [-0.1, -0.05) is 6.92 Å². The van der Waals surface area contributed by atoms with Crippen LogP contribution in [-0.4, -0.2) is 72.8 Å². The minimum Gasteiger partial charge on any atom is -0.481 e. The zero-order valence-electron chi connectivity index (χ0n) is 19.3. The van der Waals surface area contributed by atoms with Crippen molar-refractivity contribution in [2.75, 3.05) is 49.2 Å². The molecule has 10 nitrogen and oxygen atoms in total. The second-order valence-electron chi connectivity index (χ2n) is 7.77. The van der Waals surface area contributed by atoms with Crippen molar-refractivity contribution in [2.45, 2.75) is 24.3 Å². The maximum Gasteiger partial charge on any atom is 0.265 e. The largest absolute Gasteiger partial charge is 0.481 e. The number of nitrogens with zero attached hydrogens (tertiary/aromatic N) is 2. The first-order valence-electron chi connectivity index (χ1n) is 10.7. The van der Waals surface area contributed by atoms with Gasteiger partial charge in [0.1, 0.15) is 5.75 Å². The molecule has 0 unspecified atom stereocenters. The molecule has 1 fully saturated rings. The van der Waals surface area contributed by atoms with Crippen molar-refractivity contribution in [1.29, 1.82) is 0 Å². The lowest BCUT2D eigenvalue weighted by Crippen LogP contribution is -2.40. The van der Waals surface area contributed by atoms with E-state index in [0.29, 0.717) is 49.8 Å². The molecule has 186 valence electrons. The molecular weight excluding hydrogens is 482 g/mol. The van der Waals surface area contributed by atoms with Gasteiger partial charge >= 0.3 is 0 Å². The highest BCUT2D eigenvalue weighted by Crippen LogP contribution is 2.23.